The van der Waals surface area contributed by atoms with Crippen molar-refractivity contribution in [2.75, 3.05) is 19.6 Å². The van der Waals surface area contributed by atoms with Gasteiger partial charge < -0.3 is 16.0 Å². The molecule has 0 bridgehead atoms. The lowest BCUT2D eigenvalue weighted by atomic mass is 9.99. The molecule has 7 heteroatoms. The van der Waals surface area contributed by atoms with Gasteiger partial charge >= 0.3 is 6.03 Å². The van der Waals surface area contributed by atoms with Gasteiger partial charge in [-0.15, -0.1) is 0 Å². The van der Waals surface area contributed by atoms with Crippen LogP contribution >= 0.6 is 0 Å². The maximum absolute atomic E-state index is 12.3. The highest BCUT2D eigenvalue weighted by Crippen LogP contribution is 2.24. The normalized spacial score (nSPS) is 30.3. The first-order chi connectivity index (χ1) is 9.61. The highest BCUT2D eigenvalue weighted by Gasteiger charge is 2.52. The average Bonchev–Trinajstić information content (AvgIpc) is 3.10. The zero-order valence-electron chi connectivity index (χ0n) is 11.4. The van der Waals surface area contributed by atoms with Gasteiger partial charge in [-0.3, -0.25) is 14.5 Å². The first-order valence-corrected chi connectivity index (χ1v) is 7.25. The first-order valence-electron chi connectivity index (χ1n) is 7.25. The first kappa shape index (κ1) is 13.4. The summed E-state index contributed by atoms with van der Waals surface area (Å²) in [4.78, 5) is 37.2. The van der Waals surface area contributed by atoms with E-state index in [1.165, 1.54) is 0 Å². The number of carbonyl (C=O) groups excluding carboxylic acids is 3. The van der Waals surface area contributed by atoms with Crippen molar-refractivity contribution in [1.29, 1.82) is 0 Å². The van der Waals surface area contributed by atoms with Gasteiger partial charge in [0.05, 0.1) is 0 Å². The molecule has 2 saturated heterocycles. The molecule has 0 aromatic carbocycles. The SMILES string of the molecule is O=C(CN1C(=O)NC2(CCNC2)C1=O)NC1CCCC1. The topological polar surface area (TPSA) is 90.5 Å². The van der Waals surface area contributed by atoms with Gasteiger partial charge in [-0.1, -0.05) is 12.8 Å². The summed E-state index contributed by atoms with van der Waals surface area (Å²) < 4.78 is 0. The minimum Gasteiger partial charge on any atom is -0.352 e. The van der Waals surface area contributed by atoms with Gasteiger partial charge in [0.1, 0.15) is 12.1 Å². The van der Waals surface area contributed by atoms with Crippen LogP contribution < -0.4 is 16.0 Å². The van der Waals surface area contributed by atoms with E-state index in [0.717, 1.165) is 30.6 Å². The minimum absolute atomic E-state index is 0.178. The Morgan fingerprint density at radius 3 is 2.75 bits per heavy atom. The van der Waals surface area contributed by atoms with Gasteiger partial charge in [-0.25, -0.2) is 4.79 Å². The van der Waals surface area contributed by atoms with Crippen LogP contribution in [0.1, 0.15) is 32.1 Å². The van der Waals surface area contributed by atoms with Crippen LogP contribution in [0.15, 0.2) is 0 Å². The minimum atomic E-state index is -0.829. The van der Waals surface area contributed by atoms with Crippen LogP contribution in [0.25, 0.3) is 0 Å². The van der Waals surface area contributed by atoms with E-state index in [0.29, 0.717) is 19.5 Å². The van der Waals surface area contributed by atoms with Gasteiger partial charge in [0, 0.05) is 12.6 Å². The third-order valence-electron chi connectivity index (χ3n) is 4.42. The molecule has 3 aliphatic rings. The van der Waals surface area contributed by atoms with Gasteiger partial charge in [0.25, 0.3) is 5.91 Å². The van der Waals surface area contributed by atoms with E-state index in [2.05, 4.69) is 16.0 Å². The van der Waals surface area contributed by atoms with E-state index >= 15 is 0 Å². The zero-order chi connectivity index (χ0) is 14.2. The van der Waals surface area contributed by atoms with E-state index in [9.17, 15) is 14.4 Å². The van der Waals surface area contributed by atoms with Crippen molar-refractivity contribution in [3.63, 3.8) is 0 Å². The Balaban J connectivity index is 1.60. The van der Waals surface area contributed by atoms with Crippen LogP contribution in [0.3, 0.4) is 0 Å². The van der Waals surface area contributed by atoms with Crippen molar-refractivity contribution in [3.8, 4) is 0 Å². The maximum atomic E-state index is 12.3. The van der Waals surface area contributed by atoms with Crippen molar-refractivity contribution in [3.05, 3.63) is 0 Å². The molecule has 2 aliphatic heterocycles. The highest BCUT2D eigenvalue weighted by molar-refractivity contribution is 6.09. The van der Waals surface area contributed by atoms with Crippen LogP contribution in [0.5, 0.6) is 0 Å². The molecule has 3 N–H and O–H groups in total. The molecule has 3 rings (SSSR count). The molecule has 1 atom stereocenters. The monoisotopic (exact) mass is 280 g/mol. The molecule has 7 nitrogen and oxygen atoms in total. The van der Waals surface area contributed by atoms with E-state index in [4.69, 9.17) is 0 Å². The van der Waals surface area contributed by atoms with Crippen LogP contribution in [0.2, 0.25) is 0 Å². The van der Waals surface area contributed by atoms with Crippen molar-refractivity contribution < 1.29 is 14.4 Å². The Hall–Kier alpha value is -1.63. The summed E-state index contributed by atoms with van der Waals surface area (Å²) in [5.41, 5.74) is -0.829. The van der Waals surface area contributed by atoms with E-state index in [1.54, 1.807) is 0 Å². The average molecular weight is 280 g/mol. The van der Waals surface area contributed by atoms with E-state index in [-0.39, 0.29) is 24.4 Å². The number of urea groups is 1. The van der Waals surface area contributed by atoms with Gasteiger partial charge in [-0.05, 0) is 25.8 Å². The summed E-state index contributed by atoms with van der Waals surface area (Å²) >= 11 is 0. The molecule has 0 radical (unpaired) electrons. The summed E-state index contributed by atoms with van der Waals surface area (Å²) in [6.07, 6.45) is 4.81. The fraction of sp³-hybridized carbons (Fsp3) is 0.769. The number of imide groups is 1. The molecule has 1 unspecified atom stereocenters. The second-order valence-electron chi connectivity index (χ2n) is 5.88. The molecule has 1 saturated carbocycles. The Morgan fingerprint density at radius 2 is 2.10 bits per heavy atom. The van der Waals surface area contributed by atoms with Crippen molar-refractivity contribution in [1.82, 2.24) is 20.9 Å². The third kappa shape index (κ3) is 2.26. The standard InChI is InChI=1S/C13H20N4O3/c18-10(15-9-3-1-2-4-9)7-17-11(19)13(16-12(17)20)5-6-14-8-13/h9,14H,1-8H2,(H,15,18)(H,16,20). The summed E-state index contributed by atoms with van der Waals surface area (Å²) in [7, 11) is 0. The molecule has 110 valence electrons. The maximum Gasteiger partial charge on any atom is 0.325 e. The molecule has 20 heavy (non-hydrogen) atoms. The molecule has 3 fully saturated rings. The molecule has 0 aromatic rings. The van der Waals surface area contributed by atoms with Crippen molar-refractivity contribution >= 4 is 17.8 Å². The Morgan fingerprint density at radius 1 is 1.35 bits per heavy atom. The van der Waals surface area contributed by atoms with Gasteiger partial charge in [0.2, 0.25) is 5.91 Å². The summed E-state index contributed by atoms with van der Waals surface area (Å²) in [5.74, 6) is -0.530. The van der Waals surface area contributed by atoms with Crippen LogP contribution in [0.4, 0.5) is 4.79 Å². The molecule has 2 heterocycles. The van der Waals surface area contributed by atoms with Gasteiger partial charge in [-0.2, -0.15) is 0 Å². The Bertz CT molecular complexity index is 439. The quantitative estimate of drug-likeness (QED) is 0.598. The fourth-order valence-corrected chi connectivity index (χ4v) is 3.29. The van der Waals surface area contributed by atoms with E-state index in [1.807, 2.05) is 0 Å². The van der Waals surface area contributed by atoms with Crippen LogP contribution in [-0.2, 0) is 9.59 Å². The van der Waals surface area contributed by atoms with Crippen LogP contribution in [0, 0.1) is 0 Å². The molecular weight excluding hydrogens is 260 g/mol. The number of hydrogen-bond acceptors (Lipinski definition) is 4. The predicted octanol–water partition coefficient (Wildman–Crippen LogP) is -0.671. The lowest BCUT2D eigenvalue weighted by Gasteiger charge is -2.19. The van der Waals surface area contributed by atoms with Crippen LogP contribution in [-0.4, -0.2) is 54.0 Å². The smallest absolute Gasteiger partial charge is 0.325 e. The predicted molar refractivity (Wildman–Crippen MR) is 70.9 cm³/mol. The summed E-state index contributed by atoms with van der Waals surface area (Å²) in [6.45, 7) is 0.968. The molecular formula is C13H20N4O3. The van der Waals surface area contributed by atoms with Crippen molar-refractivity contribution in [2.24, 2.45) is 0 Å². The number of nitrogens with one attached hydrogen (secondary N) is 3. The lowest BCUT2D eigenvalue weighted by Crippen LogP contribution is -2.49. The number of amides is 4. The molecule has 1 spiro atoms. The van der Waals surface area contributed by atoms with Gasteiger partial charge in [0.15, 0.2) is 0 Å². The number of rotatable bonds is 3. The molecule has 1 aliphatic carbocycles. The molecule has 0 aromatic heterocycles. The zero-order valence-corrected chi connectivity index (χ0v) is 11.4. The molecule has 4 amide bonds. The third-order valence-corrected chi connectivity index (χ3v) is 4.42. The summed E-state index contributed by atoms with van der Waals surface area (Å²) in [6, 6.07) is -0.259. The lowest BCUT2D eigenvalue weighted by molar-refractivity contribution is -0.134. The fourth-order valence-electron chi connectivity index (χ4n) is 3.29. The highest BCUT2D eigenvalue weighted by atomic mass is 16.2. The second-order valence-corrected chi connectivity index (χ2v) is 5.88. The Labute approximate surface area is 117 Å². The number of nitrogens with zero attached hydrogens (tertiary/aromatic N) is 1. The number of hydrogen-bond donors (Lipinski definition) is 3. The Kier molecular flexibility index (Phi) is 3.37. The second kappa shape index (κ2) is 5.05. The van der Waals surface area contributed by atoms with Crippen molar-refractivity contribution in [2.45, 2.75) is 43.7 Å². The number of carbonyl (C=O) groups is 3. The largest absolute Gasteiger partial charge is 0.352 e. The van der Waals surface area contributed by atoms with E-state index < -0.39 is 11.6 Å². The summed E-state index contributed by atoms with van der Waals surface area (Å²) in [5, 5.41) is 8.70.